The number of piperidine rings is 1. The molecular formula is C17H29N3. The molecular weight excluding hydrogens is 246 g/mol. The van der Waals surface area contributed by atoms with Gasteiger partial charge in [-0.3, -0.25) is 4.98 Å². The van der Waals surface area contributed by atoms with Crippen molar-refractivity contribution in [3.05, 3.63) is 24.0 Å². The number of aromatic nitrogens is 1. The summed E-state index contributed by atoms with van der Waals surface area (Å²) in [7, 11) is 0. The van der Waals surface area contributed by atoms with E-state index >= 15 is 0 Å². The van der Waals surface area contributed by atoms with Gasteiger partial charge in [0.15, 0.2) is 0 Å². The van der Waals surface area contributed by atoms with Crippen LogP contribution in [0.3, 0.4) is 0 Å². The van der Waals surface area contributed by atoms with Crippen LogP contribution in [-0.4, -0.2) is 23.1 Å². The van der Waals surface area contributed by atoms with Crippen LogP contribution in [0.4, 0.5) is 5.69 Å². The monoisotopic (exact) mass is 275 g/mol. The summed E-state index contributed by atoms with van der Waals surface area (Å²) in [6.07, 6.45) is 4.59. The maximum atomic E-state index is 4.49. The molecule has 3 heteroatoms. The molecule has 2 heterocycles. The number of nitrogens with one attached hydrogen (secondary N) is 1. The summed E-state index contributed by atoms with van der Waals surface area (Å²) in [4.78, 5) is 7.03. The molecule has 112 valence electrons. The topological polar surface area (TPSA) is 28.2 Å². The minimum Gasteiger partial charge on any atom is -0.368 e. The smallest absolute Gasteiger partial charge is 0.0562 e. The zero-order valence-electron chi connectivity index (χ0n) is 13.6. The van der Waals surface area contributed by atoms with Crippen molar-refractivity contribution >= 4 is 5.69 Å². The van der Waals surface area contributed by atoms with Crippen LogP contribution < -0.4 is 10.2 Å². The van der Waals surface area contributed by atoms with Crippen LogP contribution in [0, 0.1) is 5.92 Å². The van der Waals surface area contributed by atoms with Gasteiger partial charge in [-0.05, 0) is 58.6 Å². The lowest BCUT2D eigenvalue weighted by Crippen LogP contribution is -2.42. The molecule has 0 amide bonds. The average molecular weight is 275 g/mol. The van der Waals surface area contributed by atoms with E-state index in [4.69, 9.17) is 0 Å². The van der Waals surface area contributed by atoms with E-state index in [1.54, 1.807) is 0 Å². The van der Waals surface area contributed by atoms with Crippen LogP contribution in [-0.2, 0) is 6.54 Å². The molecule has 0 aromatic carbocycles. The van der Waals surface area contributed by atoms with Gasteiger partial charge in [0.1, 0.15) is 0 Å². The van der Waals surface area contributed by atoms with Gasteiger partial charge in [0, 0.05) is 36.6 Å². The summed E-state index contributed by atoms with van der Waals surface area (Å²) >= 11 is 0. The van der Waals surface area contributed by atoms with E-state index < -0.39 is 0 Å². The molecule has 1 aromatic heterocycles. The predicted molar refractivity (Wildman–Crippen MR) is 86.0 cm³/mol. The van der Waals surface area contributed by atoms with Crippen LogP contribution >= 0.6 is 0 Å². The quantitative estimate of drug-likeness (QED) is 0.913. The molecule has 0 aliphatic carbocycles. The summed E-state index contributed by atoms with van der Waals surface area (Å²) in [6.45, 7) is 13.3. The van der Waals surface area contributed by atoms with Crippen molar-refractivity contribution in [2.45, 2.75) is 65.6 Å². The Morgan fingerprint density at radius 3 is 2.80 bits per heavy atom. The summed E-state index contributed by atoms with van der Waals surface area (Å²) in [5.41, 5.74) is 2.58. The molecule has 2 atom stereocenters. The largest absolute Gasteiger partial charge is 0.368 e. The first-order valence-corrected chi connectivity index (χ1v) is 7.83. The standard InChI is InChI=1S/C17H29N3/c1-13-7-6-10-20(14(13)2)16-8-9-18-15(11-16)12-19-17(3,4)5/h8-9,11,13-14,19H,6-7,10,12H2,1-5H3. The number of hydrogen-bond acceptors (Lipinski definition) is 3. The van der Waals surface area contributed by atoms with Gasteiger partial charge in [-0.1, -0.05) is 6.92 Å². The highest BCUT2D eigenvalue weighted by molar-refractivity contribution is 5.48. The Balaban J connectivity index is 2.09. The predicted octanol–water partition coefficient (Wildman–Crippen LogP) is 3.59. The van der Waals surface area contributed by atoms with E-state index in [2.05, 4.69) is 62.0 Å². The van der Waals surface area contributed by atoms with Gasteiger partial charge in [0.05, 0.1) is 5.69 Å². The van der Waals surface area contributed by atoms with Gasteiger partial charge in [-0.2, -0.15) is 0 Å². The Hall–Kier alpha value is -1.09. The fraction of sp³-hybridized carbons (Fsp3) is 0.706. The SMILES string of the molecule is CC1CCCN(c2ccnc(CNC(C)(C)C)c2)C1C. The van der Waals surface area contributed by atoms with Gasteiger partial charge in [-0.25, -0.2) is 0 Å². The van der Waals surface area contributed by atoms with Crippen molar-refractivity contribution in [1.82, 2.24) is 10.3 Å². The van der Waals surface area contributed by atoms with E-state index in [1.807, 2.05) is 6.20 Å². The van der Waals surface area contributed by atoms with Crippen molar-refractivity contribution in [1.29, 1.82) is 0 Å². The zero-order chi connectivity index (χ0) is 14.8. The van der Waals surface area contributed by atoms with Crippen LogP contribution in [0.2, 0.25) is 0 Å². The van der Waals surface area contributed by atoms with Crippen LogP contribution in [0.1, 0.15) is 53.2 Å². The summed E-state index contributed by atoms with van der Waals surface area (Å²) in [5, 5.41) is 3.51. The molecule has 1 saturated heterocycles. The molecule has 1 N–H and O–H groups in total. The Labute approximate surface area is 123 Å². The first kappa shape index (κ1) is 15.3. The second kappa shape index (κ2) is 6.13. The molecule has 2 unspecified atom stereocenters. The first-order valence-electron chi connectivity index (χ1n) is 7.83. The molecule has 1 aliphatic rings. The number of rotatable bonds is 3. The van der Waals surface area contributed by atoms with Crippen molar-refractivity contribution in [3.63, 3.8) is 0 Å². The maximum Gasteiger partial charge on any atom is 0.0562 e. The molecule has 1 aliphatic heterocycles. The Morgan fingerprint density at radius 1 is 1.35 bits per heavy atom. The molecule has 1 fully saturated rings. The fourth-order valence-electron chi connectivity index (χ4n) is 2.80. The second-order valence-corrected chi connectivity index (χ2v) is 7.16. The Morgan fingerprint density at radius 2 is 2.10 bits per heavy atom. The molecule has 0 spiro atoms. The third kappa shape index (κ3) is 3.95. The fourth-order valence-corrected chi connectivity index (χ4v) is 2.80. The summed E-state index contributed by atoms with van der Waals surface area (Å²) in [5.74, 6) is 0.771. The van der Waals surface area contributed by atoms with Crippen LogP contribution in [0.25, 0.3) is 0 Å². The average Bonchev–Trinajstić information content (AvgIpc) is 2.39. The van der Waals surface area contributed by atoms with Crippen molar-refractivity contribution in [2.75, 3.05) is 11.4 Å². The molecule has 0 radical (unpaired) electrons. The first-order chi connectivity index (χ1) is 9.37. The number of pyridine rings is 1. The third-order valence-electron chi connectivity index (χ3n) is 4.31. The van der Waals surface area contributed by atoms with Gasteiger partial charge in [0.2, 0.25) is 0 Å². The highest BCUT2D eigenvalue weighted by atomic mass is 15.2. The normalized spacial score (nSPS) is 23.9. The maximum absolute atomic E-state index is 4.49. The molecule has 3 nitrogen and oxygen atoms in total. The lowest BCUT2D eigenvalue weighted by Gasteiger charge is -2.39. The number of nitrogens with zero attached hydrogens (tertiary/aromatic N) is 2. The highest BCUT2D eigenvalue weighted by Crippen LogP contribution is 2.28. The second-order valence-electron chi connectivity index (χ2n) is 7.16. The number of anilines is 1. The van der Waals surface area contributed by atoms with Crippen LogP contribution in [0.5, 0.6) is 0 Å². The van der Waals surface area contributed by atoms with E-state index in [-0.39, 0.29) is 5.54 Å². The molecule has 1 aromatic rings. The Bertz CT molecular complexity index is 436. The minimum atomic E-state index is 0.130. The lowest BCUT2D eigenvalue weighted by molar-refractivity contribution is 0.363. The van der Waals surface area contributed by atoms with E-state index in [1.165, 1.54) is 25.1 Å². The molecule has 0 bridgehead atoms. The van der Waals surface area contributed by atoms with Gasteiger partial charge in [-0.15, -0.1) is 0 Å². The molecule has 2 rings (SSSR count). The highest BCUT2D eigenvalue weighted by Gasteiger charge is 2.25. The van der Waals surface area contributed by atoms with Crippen molar-refractivity contribution < 1.29 is 0 Å². The molecule has 0 saturated carbocycles. The van der Waals surface area contributed by atoms with Gasteiger partial charge < -0.3 is 10.2 Å². The van der Waals surface area contributed by atoms with Crippen molar-refractivity contribution in [3.8, 4) is 0 Å². The molecule has 20 heavy (non-hydrogen) atoms. The number of hydrogen-bond donors (Lipinski definition) is 1. The minimum absolute atomic E-state index is 0.130. The van der Waals surface area contributed by atoms with E-state index in [9.17, 15) is 0 Å². The summed E-state index contributed by atoms with van der Waals surface area (Å²) < 4.78 is 0. The lowest BCUT2D eigenvalue weighted by atomic mass is 9.91. The Kier molecular flexibility index (Phi) is 4.69. The van der Waals surface area contributed by atoms with E-state index in [0.717, 1.165) is 18.2 Å². The van der Waals surface area contributed by atoms with Gasteiger partial charge >= 0.3 is 0 Å². The van der Waals surface area contributed by atoms with Crippen molar-refractivity contribution in [2.24, 2.45) is 5.92 Å². The van der Waals surface area contributed by atoms with E-state index in [0.29, 0.717) is 6.04 Å². The zero-order valence-corrected chi connectivity index (χ0v) is 13.6. The third-order valence-corrected chi connectivity index (χ3v) is 4.31. The summed E-state index contributed by atoms with van der Waals surface area (Å²) in [6, 6.07) is 5.01. The van der Waals surface area contributed by atoms with Gasteiger partial charge in [0.25, 0.3) is 0 Å². The van der Waals surface area contributed by atoms with Crippen LogP contribution in [0.15, 0.2) is 18.3 Å².